The van der Waals surface area contributed by atoms with Crippen molar-refractivity contribution in [3.8, 4) is 22.6 Å². The third kappa shape index (κ3) is 4.17. The van der Waals surface area contributed by atoms with Gasteiger partial charge in [0.1, 0.15) is 17.3 Å². The van der Waals surface area contributed by atoms with Crippen LogP contribution in [0.3, 0.4) is 0 Å². The number of carboxylic acid groups (broad SMARTS) is 1. The monoisotopic (exact) mass is 489 g/mol. The minimum absolute atomic E-state index is 0.0745. The molecule has 0 radical (unpaired) electrons. The van der Waals surface area contributed by atoms with Crippen LogP contribution in [0.4, 0.5) is 15.1 Å². The maximum absolute atomic E-state index is 14.9. The van der Waals surface area contributed by atoms with Crippen molar-refractivity contribution >= 4 is 33.8 Å². The average Bonchev–Trinajstić information content (AvgIpc) is 3.26. The number of benzene rings is 3. The van der Waals surface area contributed by atoms with Crippen LogP contribution < -0.4 is 20.3 Å². The Morgan fingerprint density at radius 3 is 2.69 bits per heavy atom. The first-order valence-corrected chi connectivity index (χ1v) is 10.8. The lowest BCUT2D eigenvalue weighted by Crippen LogP contribution is -2.12. The van der Waals surface area contributed by atoms with Gasteiger partial charge in [0, 0.05) is 18.1 Å². The van der Waals surface area contributed by atoms with Gasteiger partial charge in [-0.15, -0.1) is 0 Å². The van der Waals surface area contributed by atoms with Crippen LogP contribution in [0.2, 0.25) is 0 Å². The molecule has 11 heteroatoms. The lowest BCUT2D eigenvalue weighted by molar-refractivity contribution is 0.209. The van der Waals surface area contributed by atoms with E-state index in [1.807, 2.05) is 0 Å². The zero-order valence-electron chi connectivity index (χ0n) is 19.2. The van der Waals surface area contributed by atoms with Gasteiger partial charge in [0.05, 0.1) is 41.7 Å². The van der Waals surface area contributed by atoms with E-state index in [0.717, 1.165) is 5.56 Å². The van der Waals surface area contributed by atoms with Crippen molar-refractivity contribution in [1.29, 1.82) is 0 Å². The smallest absolute Gasteiger partial charge is 0.411 e. The third-order valence-corrected chi connectivity index (χ3v) is 5.78. The molecule has 1 amide bonds. The van der Waals surface area contributed by atoms with Gasteiger partial charge in [0.15, 0.2) is 0 Å². The molecule has 0 bridgehead atoms. The molecule has 3 aromatic carbocycles. The number of nitrogens with zero attached hydrogens (tertiary/aromatic N) is 2. The van der Waals surface area contributed by atoms with Crippen molar-refractivity contribution in [2.24, 2.45) is 0 Å². The number of fused-ring (bicyclic) bond motifs is 2. The molecule has 0 aliphatic rings. The summed E-state index contributed by atoms with van der Waals surface area (Å²) in [5, 5.41) is 18.7. The van der Waals surface area contributed by atoms with E-state index >= 15 is 0 Å². The number of hydrogen-bond acceptors (Lipinski definition) is 6. The van der Waals surface area contributed by atoms with Gasteiger partial charge in [0.25, 0.3) is 5.56 Å². The molecule has 182 valence electrons. The van der Waals surface area contributed by atoms with E-state index in [0.29, 0.717) is 56.5 Å². The largest absolute Gasteiger partial charge is 0.497 e. The molecule has 36 heavy (non-hydrogen) atoms. The molecule has 0 spiro atoms. The van der Waals surface area contributed by atoms with E-state index in [2.05, 4.69) is 25.5 Å². The van der Waals surface area contributed by atoms with E-state index in [1.54, 1.807) is 42.5 Å². The van der Waals surface area contributed by atoms with Crippen LogP contribution in [0.25, 0.3) is 32.9 Å². The van der Waals surface area contributed by atoms with Gasteiger partial charge < -0.3 is 19.6 Å². The summed E-state index contributed by atoms with van der Waals surface area (Å²) in [6, 6.07) is 13.1. The quantitative estimate of drug-likeness (QED) is 0.278. The first-order chi connectivity index (χ1) is 17.4. The number of methoxy groups -OCH3 is 2. The van der Waals surface area contributed by atoms with Crippen LogP contribution in [0.1, 0.15) is 11.3 Å². The summed E-state index contributed by atoms with van der Waals surface area (Å²) in [5.74, 6) is 0.557. The number of imidazole rings is 1. The molecule has 0 aliphatic carbocycles. The van der Waals surface area contributed by atoms with E-state index in [4.69, 9.17) is 14.6 Å². The Bertz CT molecular complexity index is 1690. The number of H-pyrrole nitrogens is 2. The maximum Gasteiger partial charge on any atom is 0.411 e. The van der Waals surface area contributed by atoms with E-state index in [9.17, 15) is 14.0 Å². The highest BCUT2D eigenvalue weighted by molar-refractivity contribution is 5.91. The fourth-order valence-electron chi connectivity index (χ4n) is 4.14. The summed E-state index contributed by atoms with van der Waals surface area (Å²) < 4.78 is 25.6. The van der Waals surface area contributed by atoms with Gasteiger partial charge in [-0.2, -0.15) is 5.10 Å². The summed E-state index contributed by atoms with van der Waals surface area (Å²) in [5.41, 5.74) is 2.91. The number of rotatable bonds is 6. The van der Waals surface area contributed by atoms with Crippen LogP contribution in [-0.2, 0) is 6.42 Å². The topological polar surface area (TPSA) is 142 Å². The summed E-state index contributed by atoms with van der Waals surface area (Å²) in [7, 11) is 3.00. The second-order valence-electron chi connectivity index (χ2n) is 7.99. The number of aromatic nitrogens is 4. The number of halogens is 1. The van der Waals surface area contributed by atoms with Crippen molar-refractivity contribution < 1.29 is 23.8 Å². The van der Waals surface area contributed by atoms with Crippen LogP contribution in [-0.4, -0.2) is 45.6 Å². The van der Waals surface area contributed by atoms with Crippen molar-refractivity contribution in [1.82, 2.24) is 20.2 Å². The second-order valence-corrected chi connectivity index (χ2v) is 7.99. The molecule has 5 aromatic rings. The number of anilines is 1. The Labute approximate surface area is 202 Å². The summed E-state index contributed by atoms with van der Waals surface area (Å²) in [6.45, 7) is 0. The van der Waals surface area contributed by atoms with Crippen molar-refractivity contribution in [3.05, 3.63) is 76.0 Å². The number of aromatic amines is 2. The fraction of sp³-hybridized carbons (Fsp3) is 0.120. The number of carbonyl (C=O) groups is 1. The maximum atomic E-state index is 14.9. The molecule has 0 fully saturated rings. The van der Waals surface area contributed by atoms with E-state index < -0.39 is 11.9 Å². The van der Waals surface area contributed by atoms with Gasteiger partial charge in [-0.25, -0.2) is 19.3 Å². The predicted octanol–water partition coefficient (Wildman–Crippen LogP) is 4.30. The first kappa shape index (κ1) is 22.8. The van der Waals surface area contributed by atoms with E-state index in [-0.39, 0.29) is 11.5 Å². The number of nitrogens with one attached hydrogen (secondary N) is 3. The van der Waals surface area contributed by atoms with Gasteiger partial charge in [-0.1, -0.05) is 12.1 Å². The number of ether oxygens (including phenoxy) is 2. The van der Waals surface area contributed by atoms with Gasteiger partial charge in [-0.3, -0.25) is 10.1 Å². The SMILES string of the molecule is COc1cc(OC)c2c(Cc3ccc(F)c(-c4ccc5[nH]c(NC(=O)O)nc5c4)c3)n[nH]c(=O)c2c1. The second kappa shape index (κ2) is 9.02. The Kier molecular flexibility index (Phi) is 5.72. The Hall–Kier alpha value is -4.93. The summed E-state index contributed by atoms with van der Waals surface area (Å²) in [4.78, 5) is 30.4. The Morgan fingerprint density at radius 1 is 1.11 bits per heavy atom. The zero-order valence-corrected chi connectivity index (χ0v) is 19.2. The zero-order chi connectivity index (χ0) is 25.4. The highest BCUT2D eigenvalue weighted by atomic mass is 19.1. The van der Waals surface area contributed by atoms with Crippen molar-refractivity contribution in [2.75, 3.05) is 19.5 Å². The van der Waals surface area contributed by atoms with Crippen molar-refractivity contribution in [3.63, 3.8) is 0 Å². The normalized spacial score (nSPS) is 11.1. The van der Waals surface area contributed by atoms with Crippen LogP contribution in [0.15, 0.2) is 53.3 Å². The third-order valence-electron chi connectivity index (χ3n) is 5.78. The average molecular weight is 489 g/mol. The van der Waals surface area contributed by atoms with Crippen molar-refractivity contribution in [2.45, 2.75) is 6.42 Å². The van der Waals surface area contributed by atoms with E-state index in [1.165, 1.54) is 20.3 Å². The predicted molar refractivity (Wildman–Crippen MR) is 131 cm³/mol. The molecular formula is C25H20FN5O5. The highest BCUT2D eigenvalue weighted by Gasteiger charge is 2.16. The van der Waals surface area contributed by atoms with Gasteiger partial charge >= 0.3 is 6.09 Å². The number of amides is 1. The number of hydrogen-bond donors (Lipinski definition) is 4. The lowest BCUT2D eigenvalue weighted by atomic mass is 9.98. The molecule has 0 saturated heterocycles. The minimum atomic E-state index is -1.24. The molecule has 0 aliphatic heterocycles. The summed E-state index contributed by atoms with van der Waals surface area (Å²) in [6.07, 6.45) is -0.952. The molecule has 4 N–H and O–H groups in total. The molecule has 2 heterocycles. The standard InChI is InChI=1S/C25H20FN5O5/c1-35-14-10-16-22(21(11-14)36-2)20(30-31-23(16)32)8-12-3-5-17(26)15(7-12)13-4-6-18-19(9-13)28-24(27-18)29-25(33)34/h3-7,9-11H,8H2,1-2H3,(H,31,32)(H,33,34)(H2,27,28,29). The molecule has 5 rings (SSSR count). The highest BCUT2D eigenvalue weighted by Crippen LogP contribution is 2.33. The van der Waals surface area contributed by atoms with Crippen LogP contribution >= 0.6 is 0 Å². The molecule has 10 nitrogen and oxygen atoms in total. The molecule has 0 unspecified atom stereocenters. The lowest BCUT2D eigenvalue weighted by Gasteiger charge is -2.12. The van der Waals surface area contributed by atoms with Gasteiger partial charge in [0.2, 0.25) is 5.95 Å². The Morgan fingerprint density at radius 2 is 1.94 bits per heavy atom. The minimum Gasteiger partial charge on any atom is -0.497 e. The summed E-state index contributed by atoms with van der Waals surface area (Å²) >= 11 is 0. The first-order valence-electron chi connectivity index (χ1n) is 10.8. The molecule has 2 aromatic heterocycles. The molecule has 0 saturated carbocycles. The Balaban J connectivity index is 1.55. The fourth-order valence-corrected chi connectivity index (χ4v) is 4.14. The van der Waals surface area contributed by atoms with Gasteiger partial charge in [-0.05, 0) is 41.5 Å². The van der Waals surface area contributed by atoms with Crippen LogP contribution in [0.5, 0.6) is 11.5 Å². The van der Waals surface area contributed by atoms with Crippen LogP contribution in [0, 0.1) is 5.82 Å². The molecule has 0 atom stereocenters. The molecular weight excluding hydrogens is 469 g/mol.